The Balaban J connectivity index is 2.49. The first kappa shape index (κ1) is 15.9. The van der Waals surface area contributed by atoms with Crippen LogP contribution in [0.1, 0.15) is 13.3 Å². The number of anilines is 2. The van der Waals surface area contributed by atoms with Crippen LogP contribution >= 0.6 is 0 Å². The molecule has 0 aliphatic carbocycles. The minimum Gasteiger partial charge on any atom is -0.397 e. The number of likely N-dealkylation sites (N-methyl/N-ethyl adjacent to an activating group) is 1. The number of nitrogens with zero attached hydrogens (tertiary/aromatic N) is 1. The van der Waals surface area contributed by atoms with Gasteiger partial charge >= 0.3 is 0 Å². The molecule has 1 aromatic rings. The van der Waals surface area contributed by atoms with E-state index in [0.29, 0.717) is 18.8 Å². The second-order valence-corrected chi connectivity index (χ2v) is 4.36. The molecule has 0 heterocycles. The molecule has 0 bridgehead atoms. The highest BCUT2D eigenvalue weighted by Crippen LogP contribution is 2.19. The topological polar surface area (TPSA) is 101 Å². The molecule has 0 saturated heterocycles. The maximum Gasteiger partial charge on any atom is 0.231 e. The van der Waals surface area contributed by atoms with Crippen LogP contribution in [0.5, 0.6) is 0 Å². The minimum absolute atomic E-state index is 0.114. The summed E-state index contributed by atoms with van der Waals surface area (Å²) in [7, 11) is 0. The van der Waals surface area contributed by atoms with Gasteiger partial charge in [0.25, 0.3) is 0 Å². The summed E-state index contributed by atoms with van der Waals surface area (Å²) in [5, 5.41) is 2.60. The standard InChI is InChI=1S/C13H19FN4O2/c1-2-18(8-12(16)19)6-5-13(20)17-11-4-3-9(14)7-10(11)15/h3-4,7H,2,5-6,8,15H2,1H3,(H2,16,19)(H,17,20). The molecule has 1 aromatic carbocycles. The molecule has 110 valence electrons. The van der Waals surface area contributed by atoms with E-state index in [9.17, 15) is 14.0 Å². The minimum atomic E-state index is -0.459. The lowest BCUT2D eigenvalue weighted by Crippen LogP contribution is -2.35. The van der Waals surface area contributed by atoms with Gasteiger partial charge in [-0.3, -0.25) is 14.5 Å². The van der Waals surface area contributed by atoms with Crippen molar-refractivity contribution < 1.29 is 14.0 Å². The normalized spacial score (nSPS) is 10.6. The number of nitrogen functional groups attached to an aromatic ring is 1. The van der Waals surface area contributed by atoms with Gasteiger partial charge < -0.3 is 16.8 Å². The first-order valence-electron chi connectivity index (χ1n) is 6.28. The zero-order valence-corrected chi connectivity index (χ0v) is 11.4. The number of primary amides is 1. The Morgan fingerprint density at radius 2 is 2.10 bits per heavy atom. The number of nitrogens with one attached hydrogen (secondary N) is 1. The van der Waals surface area contributed by atoms with Gasteiger partial charge in [0.2, 0.25) is 11.8 Å². The Labute approximate surface area is 116 Å². The number of benzene rings is 1. The molecular weight excluding hydrogens is 263 g/mol. The van der Waals surface area contributed by atoms with Gasteiger partial charge in [-0.05, 0) is 24.7 Å². The van der Waals surface area contributed by atoms with Crippen LogP contribution in [0.2, 0.25) is 0 Å². The summed E-state index contributed by atoms with van der Waals surface area (Å²) in [6.45, 7) is 3.02. The molecule has 0 saturated carbocycles. The van der Waals surface area contributed by atoms with Gasteiger partial charge in [-0.1, -0.05) is 6.92 Å². The molecule has 0 fully saturated rings. The SMILES string of the molecule is CCN(CCC(=O)Nc1ccc(F)cc1N)CC(N)=O. The van der Waals surface area contributed by atoms with E-state index >= 15 is 0 Å². The number of amides is 2. The molecule has 0 spiro atoms. The average molecular weight is 282 g/mol. The van der Waals surface area contributed by atoms with E-state index in [0.717, 1.165) is 6.07 Å². The van der Waals surface area contributed by atoms with Crippen molar-refractivity contribution in [2.24, 2.45) is 5.73 Å². The fourth-order valence-electron chi connectivity index (χ4n) is 1.69. The van der Waals surface area contributed by atoms with Crippen LogP contribution in [0.25, 0.3) is 0 Å². The van der Waals surface area contributed by atoms with Crippen molar-refractivity contribution in [1.82, 2.24) is 4.90 Å². The molecule has 20 heavy (non-hydrogen) atoms. The summed E-state index contributed by atoms with van der Waals surface area (Å²) in [6, 6.07) is 3.77. The van der Waals surface area contributed by atoms with Crippen LogP contribution in [-0.2, 0) is 9.59 Å². The predicted octanol–water partition coefficient (Wildman–Crippen LogP) is 0.544. The number of carbonyl (C=O) groups excluding carboxylic acids is 2. The molecule has 0 atom stereocenters. The molecule has 0 unspecified atom stereocenters. The van der Waals surface area contributed by atoms with E-state index in [1.54, 1.807) is 4.90 Å². The van der Waals surface area contributed by atoms with E-state index in [-0.39, 0.29) is 24.6 Å². The predicted molar refractivity (Wildman–Crippen MR) is 75.4 cm³/mol. The molecular formula is C13H19FN4O2. The Kier molecular flexibility index (Phi) is 5.92. The Bertz CT molecular complexity index is 493. The Hall–Kier alpha value is -2.15. The van der Waals surface area contributed by atoms with Crippen LogP contribution in [0.3, 0.4) is 0 Å². The van der Waals surface area contributed by atoms with Gasteiger partial charge in [0.05, 0.1) is 17.9 Å². The zero-order chi connectivity index (χ0) is 15.1. The van der Waals surface area contributed by atoms with Crippen molar-refractivity contribution in [3.05, 3.63) is 24.0 Å². The van der Waals surface area contributed by atoms with Crippen molar-refractivity contribution in [2.45, 2.75) is 13.3 Å². The molecule has 7 heteroatoms. The molecule has 6 nitrogen and oxygen atoms in total. The monoisotopic (exact) mass is 282 g/mol. The first-order valence-corrected chi connectivity index (χ1v) is 6.28. The van der Waals surface area contributed by atoms with E-state index in [1.807, 2.05) is 6.92 Å². The fourth-order valence-corrected chi connectivity index (χ4v) is 1.69. The van der Waals surface area contributed by atoms with Crippen molar-refractivity contribution in [3.63, 3.8) is 0 Å². The van der Waals surface area contributed by atoms with Gasteiger partial charge in [-0.15, -0.1) is 0 Å². The molecule has 1 rings (SSSR count). The maximum absolute atomic E-state index is 12.9. The lowest BCUT2D eigenvalue weighted by molar-refractivity contribution is -0.120. The van der Waals surface area contributed by atoms with Gasteiger partial charge in [-0.2, -0.15) is 0 Å². The highest BCUT2D eigenvalue weighted by Gasteiger charge is 2.10. The number of rotatable bonds is 7. The number of hydrogen-bond acceptors (Lipinski definition) is 4. The second-order valence-electron chi connectivity index (χ2n) is 4.36. The molecule has 0 aromatic heterocycles. The third kappa shape index (κ3) is 5.23. The van der Waals surface area contributed by atoms with Crippen LogP contribution < -0.4 is 16.8 Å². The summed E-state index contributed by atoms with van der Waals surface area (Å²) >= 11 is 0. The van der Waals surface area contributed by atoms with E-state index in [1.165, 1.54) is 12.1 Å². The Morgan fingerprint density at radius 3 is 2.65 bits per heavy atom. The molecule has 0 radical (unpaired) electrons. The molecule has 5 N–H and O–H groups in total. The number of hydrogen-bond donors (Lipinski definition) is 3. The largest absolute Gasteiger partial charge is 0.397 e. The van der Waals surface area contributed by atoms with Crippen LogP contribution in [0.4, 0.5) is 15.8 Å². The quantitative estimate of drug-likeness (QED) is 0.635. The van der Waals surface area contributed by atoms with Gasteiger partial charge in [0.1, 0.15) is 5.82 Å². The molecule has 2 amide bonds. The number of nitrogens with two attached hydrogens (primary N) is 2. The van der Waals surface area contributed by atoms with Crippen molar-refractivity contribution in [2.75, 3.05) is 30.7 Å². The summed E-state index contributed by atoms with van der Waals surface area (Å²) < 4.78 is 12.9. The highest BCUT2D eigenvalue weighted by atomic mass is 19.1. The van der Waals surface area contributed by atoms with E-state index in [2.05, 4.69) is 5.32 Å². The maximum atomic E-state index is 12.9. The lowest BCUT2D eigenvalue weighted by atomic mass is 10.2. The zero-order valence-electron chi connectivity index (χ0n) is 11.4. The summed E-state index contributed by atoms with van der Waals surface area (Å²) in [6.07, 6.45) is 0.192. The highest BCUT2D eigenvalue weighted by molar-refractivity contribution is 5.93. The van der Waals surface area contributed by atoms with Crippen LogP contribution in [-0.4, -0.2) is 36.3 Å². The Morgan fingerprint density at radius 1 is 1.40 bits per heavy atom. The summed E-state index contributed by atoms with van der Waals surface area (Å²) in [5.41, 5.74) is 11.2. The molecule has 0 aliphatic heterocycles. The second kappa shape index (κ2) is 7.44. The number of carbonyl (C=O) groups is 2. The van der Waals surface area contributed by atoms with Crippen molar-refractivity contribution in [1.29, 1.82) is 0 Å². The average Bonchev–Trinajstić information content (AvgIpc) is 2.37. The smallest absolute Gasteiger partial charge is 0.231 e. The fraction of sp³-hybridized carbons (Fsp3) is 0.385. The van der Waals surface area contributed by atoms with Crippen LogP contribution in [0.15, 0.2) is 18.2 Å². The van der Waals surface area contributed by atoms with E-state index < -0.39 is 11.7 Å². The van der Waals surface area contributed by atoms with Crippen molar-refractivity contribution in [3.8, 4) is 0 Å². The first-order chi connectivity index (χ1) is 9.42. The van der Waals surface area contributed by atoms with Crippen LogP contribution in [0, 0.1) is 5.82 Å². The van der Waals surface area contributed by atoms with Gasteiger partial charge in [-0.25, -0.2) is 4.39 Å². The lowest BCUT2D eigenvalue weighted by Gasteiger charge is -2.18. The van der Waals surface area contributed by atoms with Gasteiger partial charge in [0.15, 0.2) is 0 Å². The van der Waals surface area contributed by atoms with Gasteiger partial charge in [0, 0.05) is 13.0 Å². The summed E-state index contributed by atoms with van der Waals surface area (Å²) in [4.78, 5) is 24.3. The number of halogens is 1. The summed E-state index contributed by atoms with van der Waals surface area (Å²) in [5.74, 6) is -1.15. The van der Waals surface area contributed by atoms with E-state index in [4.69, 9.17) is 11.5 Å². The van der Waals surface area contributed by atoms with Crippen molar-refractivity contribution >= 4 is 23.2 Å². The third-order valence-corrected chi connectivity index (χ3v) is 2.77. The third-order valence-electron chi connectivity index (χ3n) is 2.77. The molecule has 0 aliphatic rings.